The van der Waals surface area contributed by atoms with Gasteiger partial charge in [0.25, 0.3) is 11.8 Å². The summed E-state index contributed by atoms with van der Waals surface area (Å²) in [6.07, 6.45) is 5.06. The number of urea groups is 1. The summed E-state index contributed by atoms with van der Waals surface area (Å²) in [5, 5.41) is 3.64. The highest BCUT2D eigenvalue weighted by Crippen LogP contribution is 2.39. The minimum absolute atomic E-state index is 0.212. The lowest BCUT2D eigenvalue weighted by Crippen LogP contribution is -2.52. The van der Waals surface area contributed by atoms with Gasteiger partial charge in [-0.05, 0) is 50.5 Å². The molecule has 1 aromatic carbocycles. The summed E-state index contributed by atoms with van der Waals surface area (Å²) < 4.78 is 0. The predicted octanol–water partition coefficient (Wildman–Crippen LogP) is 2.14. The van der Waals surface area contributed by atoms with E-state index in [9.17, 15) is 14.4 Å². The Hall–Kier alpha value is -2.41. The molecule has 0 radical (unpaired) electrons. The van der Waals surface area contributed by atoms with E-state index in [0.717, 1.165) is 23.4 Å². The zero-order valence-electron chi connectivity index (χ0n) is 16.5. The molecule has 4 amide bonds. The third-order valence-electron chi connectivity index (χ3n) is 6.29. The monoisotopic (exact) mass is 384 g/mol. The third kappa shape index (κ3) is 3.39. The van der Waals surface area contributed by atoms with Gasteiger partial charge in [0.15, 0.2) is 0 Å². The van der Waals surface area contributed by atoms with Gasteiger partial charge in [-0.1, -0.05) is 37.3 Å². The third-order valence-corrected chi connectivity index (χ3v) is 6.29. The van der Waals surface area contributed by atoms with Crippen molar-refractivity contribution in [1.29, 1.82) is 0 Å². The molecule has 0 aromatic heterocycles. The molecule has 4 rings (SSSR count). The lowest BCUT2D eigenvalue weighted by Gasteiger charge is -2.29. The molecule has 1 aromatic rings. The van der Waals surface area contributed by atoms with Crippen molar-refractivity contribution in [2.45, 2.75) is 63.6 Å². The first kappa shape index (κ1) is 18.9. The van der Waals surface area contributed by atoms with Crippen LogP contribution in [0.4, 0.5) is 4.79 Å². The first-order valence-corrected chi connectivity index (χ1v) is 10.2. The molecule has 1 aliphatic heterocycles. The fourth-order valence-electron chi connectivity index (χ4n) is 4.23. The van der Waals surface area contributed by atoms with Gasteiger partial charge in [0.2, 0.25) is 0 Å². The number of nitrogens with one attached hydrogen (secondary N) is 2. The van der Waals surface area contributed by atoms with Crippen LogP contribution in [0.25, 0.3) is 0 Å². The summed E-state index contributed by atoms with van der Waals surface area (Å²) in [6, 6.07) is 9.39. The van der Waals surface area contributed by atoms with Gasteiger partial charge < -0.3 is 5.32 Å². The SMILES string of the molecule is CCC1(c2ccccc2)NC(=O)N(NC(=O)CN(C2CC2)C(C)C2CC2)C1=O. The fraction of sp³-hybridized carbons (Fsp3) is 0.571. The molecule has 1 heterocycles. The molecule has 0 spiro atoms. The number of amides is 4. The maximum atomic E-state index is 13.1. The number of carbonyl (C=O) groups is 3. The van der Waals surface area contributed by atoms with E-state index in [1.54, 1.807) is 0 Å². The normalized spacial score (nSPS) is 25.8. The Balaban J connectivity index is 1.46. The highest BCUT2D eigenvalue weighted by atomic mass is 16.2. The number of benzene rings is 1. The van der Waals surface area contributed by atoms with Gasteiger partial charge in [0.1, 0.15) is 5.54 Å². The number of hydrogen-bond donors (Lipinski definition) is 2. The molecule has 3 aliphatic rings. The van der Waals surface area contributed by atoms with E-state index in [1.165, 1.54) is 12.8 Å². The van der Waals surface area contributed by atoms with Crippen molar-refractivity contribution >= 4 is 17.8 Å². The Labute approximate surface area is 165 Å². The molecule has 0 bridgehead atoms. The van der Waals surface area contributed by atoms with Gasteiger partial charge in [0, 0.05) is 12.1 Å². The second kappa shape index (κ2) is 7.20. The molecule has 28 heavy (non-hydrogen) atoms. The second-order valence-electron chi connectivity index (χ2n) is 8.21. The zero-order valence-corrected chi connectivity index (χ0v) is 16.5. The molecule has 2 aliphatic carbocycles. The van der Waals surface area contributed by atoms with E-state index < -0.39 is 17.5 Å². The Morgan fingerprint density at radius 1 is 1.25 bits per heavy atom. The second-order valence-corrected chi connectivity index (χ2v) is 8.21. The molecule has 3 fully saturated rings. The summed E-state index contributed by atoms with van der Waals surface area (Å²) in [5.74, 6) is -0.0911. The maximum Gasteiger partial charge on any atom is 0.344 e. The number of imide groups is 1. The van der Waals surface area contributed by atoms with E-state index in [-0.39, 0.29) is 12.5 Å². The predicted molar refractivity (Wildman–Crippen MR) is 104 cm³/mol. The van der Waals surface area contributed by atoms with Crippen molar-refractivity contribution in [3.63, 3.8) is 0 Å². The summed E-state index contributed by atoms with van der Waals surface area (Å²) >= 11 is 0. The summed E-state index contributed by atoms with van der Waals surface area (Å²) in [4.78, 5) is 40.5. The fourth-order valence-corrected chi connectivity index (χ4v) is 4.23. The van der Waals surface area contributed by atoms with Crippen LogP contribution in [0.15, 0.2) is 30.3 Å². The van der Waals surface area contributed by atoms with Gasteiger partial charge in [-0.3, -0.25) is 19.9 Å². The molecule has 7 nitrogen and oxygen atoms in total. The lowest BCUT2D eigenvalue weighted by molar-refractivity contribution is -0.140. The van der Waals surface area contributed by atoms with Crippen LogP contribution >= 0.6 is 0 Å². The van der Waals surface area contributed by atoms with Crippen molar-refractivity contribution in [1.82, 2.24) is 20.7 Å². The average molecular weight is 384 g/mol. The minimum Gasteiger partial charge on any atom is -0.318 e. The molecule has 2 N–H and O–H groups in total. The quantitative estimate of drug-likeness (QED) is 0.673. The Morgan fingerprint density at radius 2 is 1.93 bits per heavy atom. The lowest BCUT2D eigenvalue weighted by atomic mass is 9.87. The number of hydrazine groups is 1. The van der Waals surface area contributed by atoms with Crippen LogP contribution < -0.4 is 10.7 Å². The van der Waals surface area contributed by atoms with Gasteiger partial charge in [-0.15, -0.1) is 0 Å². The first-order valence-electron chi connectivity index (χ1n) is 10.2. The molecular formula is C21H28N4O3. The van der Waals surface area contributed by atoms with Gasteiger partial charge in [-0.2, -0.15) is 5.01 Å². The molecule has 1 saturated heterocycles. The van der Waals surface area contributed by atoms with Crippen LogP contribution in [0.1, 0.15) is 51.5 Å². The van der Waals surface area contributed by atoms with E-state index in [0.29, 0.717) is 24.4 Å². The number of carbonyl (C=O) groups excluding carboxylic acids is 3. The topological polar surface area (TPSA) is 81.8 Å². The molecule has 2 atom stereocenters. The van der Waals surface area contributed by atoms with Crippen molar-refractivity contribution in [3.05, 3.63) is 35.9 Å². The van der Waals surface area contributed by atoms with E-state index in [4.69, 9.17) is 0 Å². The van der Waals surface area contributed by atoms with Crippen LogP contribution in [0.3, 0.4) is 0 Å². The largest absolute Gasteiger partial charge is 0.344 e. The van der Waals surface area contributed by atoms with Crippen molar-refractivity contribution < 1.29 is 14.4 Å². The Bertz CT molecular complexity index is 775. The molecule has 2 unspecified atom stereocenters. The highest BCUT2D eigenvalue weighted by molar-refractivity contribution is 6.08. The Morgan fingerprint density at radius 3 is 2.50 bits per heavy atom. The van der Waals surface area contributed by atoms with Crippen LogP contribution in [0.5, 0.6) is 0 Å². The molecule has 7 heteroatoms. The number of hydrogen-bond acceptors (Lipinski definition) is 4. The van der Waals surface area contributed by atoms with E-state index >= 15 is 0 Å². The minimum atomic E-state index is -1.14. The van der Waals surface area contributed by atoms with Crippen molar-refractivity contribution in [2.24, 2.45) is 5.92 Å². The average Bonchev–Trinajstić information content (AvgIpc) is 3.60. The standard InChI is InChI=1S/C21H28N4O3/c1-3-21(16-7-5-4-6-8-16)19(27)25(20(28)22-21)23-18(26)13-24(17-11-12-17)14(2)15-9-10-15/h4-8,14-15,17H,3,9-13H2,1-2H3,(H,22,28)(H,23,26). The van der Waals surface area contributed by atoms with Gasteiger partial charge in [0.05, 0.1) is 6.54 Å². The summed E-state index contributed by atoms with van der Waals surface area (Å²) in [6.45, 7) is 4.24. The van der Waals surface area contributed by atoms with E-state index in [1.807, 2.05) is 37.3 Å². The molecule has 2 saturated carbocycles. The van der Waals surface area contributed by atoms with Crippen LogP contribution in [-0.4, -0.2) is 46.4 Å². The molecule has 150 valence electrons. The molecular weight excluding hydrogens is 356 g/mol. The highest BCUT2D eigenvalue weighted by Gasteiger charge is 2.52. The summed E-state index contributed by atoms with van der Waals surface area (Å²) in [5.41, 5.74) is 2.14. The zero-order chi connectivity index (χ0) is 19.9. The van der Waals surface area contributed by atoms with Crippen molar-refractivity contribution in [2.75, 3.05) is 6.54 Å². The Kier molecular flexibility index (Phi) is 4.87. The van der Waals surface area contributed by atoms with Crippen LogP contribution in [-0.2, 0) is 15.1 Å². The maximum absolute atomic E-state index is 13.1. The first-order chi connectivity index (χ1) is 13.5. The van der Waals surface area contributed by atoms with Crippen LogP contribution in [0.2, 0.25) is 0 Å². The van der Waals surface area contributed by atoms with Gasteiger partial charge >= 0.3 is 6.03 Å². The van der Waals surface area contributed by atoms with Crippen LogP contribution in [0, 0.1) is 5.92 Å². The number of nitrogens with zero attached hydrogens (tertiary/aromatic N) is 2. The van der Waals surface area contributed by atoms with E-state index in [2.05, 4.69) is 22.6 Å². The smallest absolute Gasteiger partial charge is 0.318 e. The number of rotatable bonds is 8. The summed E-state index contributed by atoms with van der Waals surface area (Å²) in [7, 11) is 0. The van der Waals surface area contributed by atoms with Crippen molar-refractivity contribution in [3.8, 4) is 0 Å². The van der Waals surface area contributed by atoms with Gasteiger partial charge in [-0.25, -0.2) is 4.79 Å².